The van der Waals surface area contributed by atoms with E-state index in [1.165, 1.54) is 0 Å². The van der Waals surface area contributed by atoms with Crippen molar-refractivity contribution in [3.05, 3.63) is 65.2 Å². The van der Waals surface area contributed by atoms with E-state index in [0.717, 1.165) is 12.8 Å². The Morgan fingerprint density at radius 3 is 2.54 bits per heavy atom. The molecular weight excluding hydrogens is 376 g/mol. The highest BCUT2D eigenvalue weighted by molar-refractivity contribution is 6.31. The van der Waals surface area contributed by atoms with Gasteiger partial charge in [-0.2, -0.15) is 0 Å². The van der Waals surface area contributed by atoms with Crippen molar-refractivity contribution in [2.45, 2.75) is 26.7 Å². The molecule has 0 spiro atoms. The van der Waals surface area contributed by atoms with Gasteiger partial charge < -0.3 is 10.2 Å². The van der Waals surface area contributed by atoms with Gasteiger partial charge in [-0.25, -0.2) is 4.98 Å². The van der Waals surface area contributed by atoms with Gasteiger partial charge in [0, 0.05) is 30.0 Å². The van der Waals surface area contributed by atoms with Crippen LogP contribution in [0, 0.1) is 0 Å². The van der Waals surface area contributed by atoms with Gasteiger partial charge in [0.15, 0.2) is 5.69 Å². The fourth-order valence-corrected chi connectivity index (χ4v) is 3.30. The lowest BCUT2D eigenvalue weighted by Crippen LogP contribution is -2.33. The van der Waals surface area contributed by atoms with Crippen LogP contribution in [0.3, 0.4) is 0 Å². The summed E-state index contributed by atoms with van der Waals surface area (Å²) < 4.78 is 1.67. The number of anilines is 1. The van der Waals surface area contributed by atoms with E-state index in [1.54, 1.807) is 45.8 Å². The van der Waals surface area contributed by atoms with E-state index < -0.39 is 0 Å². The van der Waals surface area contributed by atoms with E-state index in [2.05, 4.69) is 10.3 Å². The third kappa shape index (κ3) is 4.17. The molecule has 0 bridgehead atoms. The van der Waals surface area contributed by atoms with Crippen molar-refractivity contribution in [3.8, 4) is 0 Å². The second-order valence-corrected chi connectivity index (χ2v) is 6.93. The zero-order valence-electron chi connectivity index (χ0n) is 16.0. The summed E-state index contributed by atoms with van der Waals surface area (Å²) in [5.74, 6) is -0.317. The number of pyridine rings is 1. The molecule has 1 N–H and O–H groups in total. The van der Waals surface area contributed by atoms with Crippen LogP contribution in [0.15, 0.2) is 48.7 Å². The number of hydrogen-bond donors (Lipinski definition) is 1. The van der Waals surface area contributed by atoms with Gasteiger partial charge in [0.2, 0.25) is 5.82 Å². The number of aromatic nitrogens is 2. The molecule has 2 heterocycles. The van der Waals surface area contributed by atoms with Crippen molar-refractivity contribution in [3.63, 3.8) is 0 Å². The van der Waals surface area contributed by atoms with Gasteiger partial charge >= 0.3 is 0 Å². The summed E-state index contributed by atoms with van der Waals surface area (Å²) in [6.07, 6.45) is 3.47. The maximum atomic E-state index is 13.1. The lowest BCUT2D eigenvalue weighted by molar-refractivity contribution is 0.0742. The predicted molar refractivity (Wildman–Crippen MR) is 111 cm³/mol. The molecule has 0 saturated carbocycles. The second kappa shape index (κ2) is 8.89. The Hall–Kier alpha value is -2.86. The van der Waals surface area contributed by atoms with Crippen LogP contribution >= 0.6 is 11.6 Å². The number of rotatable bonds is 7. The number of nitrogens with one attached hydrogen (secondary N) is 1. The maximum absolute atomic E-state index is 13.1. The predicted octanol–water partition coefficient (Wildman–Crippen LogP) is 4.50. The largest absolute Gasteiger partial charge is 0.336 e. The molecule has 0 saturated heterocycles. The minimum absolute atomic E-state index is 0.174. The van der Waals surface area contributed by atoms with Gasteiger partial charge in [-0.3, -0.25) is 14.0 Å². The minimum Gasteiger partial charge on any atom is -0.336 e. The van der Waals surface area contributed by atoms with Gasteiger partial charge in [-0.1, -0.05) is 37.6 Å². The number of imidazole rings is 1. The Labute approximate surface area is 169 Å². The molecule has 3 rings (SSSR count). The van der Waals surface area contributed by atoms with Crippen LogP contribution in [0.25, 0.3) is 5.52 Å². The standard InChI is InChI=1S/C21H23ClN4O2/c1-3-11-25(12-4-2)21(28)19-24-18(17-10-5-6-13-26(17)19)20(27)23-16-9-7-8-15(22)14-16/h5-10,13-14H,3-4,11-12H2,1-2H3,(H,23,27). The first kappa shape index (κ1) is 19.9. The molecule has 28 heavy (non-hydrogen) atoms. The summed E-state index contributed by atoms with van der Waals surface area (Å²) >= 11 is 5.99. The van der Waals surface area contributed by atoms with Crippen molar-refractivity contribution in [1.82, 2.24) is 14.3 Å². The summed E-state index contributed by atoms with van der Waals surface area (Å²) in [5.41, 5.74) is 1.36. The number of halogens is 1. The molecule has 0 aliphatic carbocycles. The third-order valence-electron chi connectivity index (χ3n) is 4.31. The minimum atomic E-state index is -0.387. The van der Waals surface area contributed by atoms with Gasteiger partial charge in [0.25, 0.3) is 11.8 Å². The van der Waals surface area contributed by atoms with Crippen molar-refractivity contribution in [1.29, 1.82) is 0 Å². The van der Waals surface area contributed by atoms with Crippen molar-refractivity contribution < 1.29 is 9.59 Å². The number of carbonyl (C=O) groups excluding carboxylic acids is 2. The van der Waals surface area contributed by atoms with Crippen LogP contribution in [0.4, 0.5) is 5.69 Å². The van der Waals surface area contributed by atoms with Crippen molar-refractivity contribution >= 4 is 34.6 Å². The quantitative estimate of drug-likeness (QED) is 0.637. The van der Waals surface area contributed by atoms with Crippen LogP contribution in [0.5, 0.6) is 0 Å². The number of nitrogens with zero attached hydrogens (tertiary/aromatic N) is 3. The fraction of sp³-hybridized carbons (Fsp3) is 0.286. The lowest BCUT2D eigenvalue weighted by Gasteiger charge is -2.20. The van der Waals surface area contributed by atoms with Gasteiger partial charge in [0.1, 0.15) is 0 Å². The summed E-state index contributed by atoms with van der Waals surface area (Å²) in [6.45, 7) is 5.36. The molecule has 2 amide bonds. The number of benzene rings is 1. The van der Waals surface area contributed by atoms with E-state index >= 15 is 0 Å². The number of hydrogen-bond acceptors (Lipinski definition) is 3. The zero-order valence-corrected chi connectivity index (χ0v) is 16.7. The normalized spacial score (nSPS) is 10.8. The second-order valence-electron chi connectivity index (χ2n) is 6.50. The smallest absolute Gasteiger partial charge is 0.290 e. The SMILES string of the molecule is CCCN(CCC)C(=O)c1nc(C(=O)Nc2cccc(Cl)c2)c2ccccn12. The van der Waals surface area contributed by atoms with Crippen LogP contribution in [-0.4, -0.2) is 39.2 Å². The average molecular weight is 399 g/mol. The van der Waals surface area contributed by atoms with Crippen LogP contribution in [-0.2, 0) is 0 Å². The molecule has 0 fully saturated rings. The Morgan fingerprint density at radius 2 is 1.86 bits per heavy atom. The van der Waals surface area contributed by atoms with E-state index in [9.17, 15) is 9.59 Å². The first-order valence-corrected chi connectivity index (χ1v) is 9.76. The first-order valence-electron chi connectivity index (χ1n) is 9.38. The monoisotopic (exact) mass is 398 g/mol. The Morgan fingerprint density at radius 1 is 1.11 bits per heavy atom. The Bertz CT molecular complexity index is 993. The number of fused-ring (bicyclic) bond motifs is 1. The van der Waals surface area contributed by atoms with Crippen LogP contribution in [0.1, 0.15) is 47.8 Å². The van der Waals surface area contributed by atoms with Crippen molar-refractivity contribution in [2.24, 2.45) is 0 Å². The third-order valence-corrected chi connectivity index (χ3v) is 4.55. The topological polar surface area (TPSA) is 66.7 Å². The van der Waals surface area contributed by atoms with Crippen LogP contribution < -0.4 is 5.32 Å². The molecule has 2 aromatic heterocycles. The van der Waals surface area contributed by atoms with Crippen LogP contribution in [0.2, 0.25) is 5.02 Å². The maximum Gasteiger partial charge on any atom is 0.290 e. The summed E-state index contributed by atoms with van der Waals surface area (Å²) in [6, 6.07) is 12.3. The van der Waals surface area contributed by atoms with E-state index in [-0.39, 0.29) is 23.3 Å². The molecule has 6 nitrogen and oxygen atoms in total. The molecule has 0 atom stereocenters. The number of amides is 2. The molecule has 0 aliphatic rings. The highest BCUT2D eigenvalue weighted by Crippen LogP contribution is 2.19. The highest BCUT2D eigenvalue weighted by atomic mass is 35.5. The highest BCUT2D eigenvalue weighted by Gasteiger charge is 2.24. The summed E-state index contributed by atoms with van der Waals surface area (Å²) in [4.78, 5) is 32.1. The van der Waals surface area contributed by atoms with Gasteiger partial charge in [-0.05, 0) is 43.2 Å². The van der Waals surface area contributed by atoms with E-state index in [1.807, 2.05) is 26.0 Å². The molecule has 146 valence electrons. The van der Waals surface area contributed by atoms with E-state index in [0.29, 0.717) is 29.3 Å². The summed E-state index contributed by atoms with van der Waals surface area (Å²) in [7, 11) is 0. The summed E-state index contributed by atoms with van der Waals surface area (Å²) in [5, 5.41) is 3.32. The van der Waals surface area contributed by atoms with Gasteiger partial charge in [0.05, 0.1) is 5.52 Å². The Balaban J connectivity index is 1.98. The molecule has 0 radical (unpaired) electrons. The average Bonchev–Trinajstić information content (AvgIpc) is 3.07. The lowest BCUT2D eigenvalue weighted by atomic mass is 10.3. The number of carbonyl (C=O) groups is 2. The zero-order chi connectivity index (χ0) is 20.1. The molecule has 0 unspecified atom stereocenters. The fourth-order valence-electron chi connectivity index (χ4n) is 3.11. The molecule has 3 aromatic rings. The molecule has 0 aliphatic heterocycles. The van der Waals surface area contributed by atoms with Gasteiger partial charge in [-0.15, -0.1) is 0 Å². The van der Waals surface area contributed by atoms with Crippen molar-refractivity contribution in [2.75, 3.05) is 18.4 Å². The molecule has 7 heteroatoms. The Kier molecular flexibility index (Phi) is 6.31. The molecule has 1 aromatic carbocycles. The first-order chi connectivity index (χ1) is 13.5. The molecular formula is C21H23ClN4O2. The van der Waals surface area contributed by atoms with E-state index in [4.69, 9.17) is 11.6 Å².